The maximum Gasteiger partial charge on any atom is 0.534 e. The third-order valence-electron chi connectivity index (χ3n) is 1.47. The van der Waals surface area contributed by atoms with E-state index < -0.39 is 33.6 Å². The van der Waals surface area contributed by atoms with Gasteiger partial charge in [0.05, 0.1) is 0 Å². The molecule has 0 aliphatic carbocycles. The number of hydrogen-bond donors (Lipinski definition) is 1. The Morgan fingerprint density at radius 1 is 1.33 bits per heavy atom. The van der Waals surface area contributed by atoms with Gasteiger partial charge in [0.2, 0.25) is 0 Å². The third kappa shape index (κ3) is 3.67. The quantitative estimate of drug-likeness (QED) is 0.576. The van der Waals surface area contributed by atoms with Gasteiger partial charge in [-0.15, -0.1) is 0 Å². The monoisotopic (exact) mass is 249 g/mol. The van der Waals surface area contributed by atoms with Crippen molar-refractivity contribution >= 4 is 16.1 Å². The van der Waals surface area contributed by atoms with Crippen LogP contribution < -0.4 is 5.73 Å². The molecule has 0 amide bonds. The molecule has 0 saturated heterocycles. The van der Waals surface area contributed by atoms with Crippen molar-refractivity contribution < 1.29 is 30.6 Å². The van der Waals surface area contributed by atoms with Crippen molar-refractivity contribution in [2.75, 3.05) is 0 Å². The Morgan fingerprint density at radius 2 is 1.73 bits per heavy atom. The zero-order valence-corrected chi connectivity index (χ0v) is 8.72. The van der Waals surface area contributed by atoms with E-state index in [-0.39, 0.29) is 0 Å². The number of carbonyl (C=O) groups is 1. The van der Waals surface area contributed by atoms with Crippen LogP contribution in [0, 0.1) is 5.92 Å². The van der Waals surface area contributed by atoms with Crippen LogP contribution in [-0.4, -0.2) is 25.9 Å². The van der Waals surface area contributed by atoms with Gasteiger partial charge in [-0.25, -0.2) is 4.79 Å². The summed E-state index contributed by atoms with van der Waals surface area (Å²) < 4.78 is 59.3. The molecule has 0 aliphatic rings. The van der Waals surface area contributed by atoms with Crippen LogP contribution in [0.25, 0.3) is 0 Å². The van der Waals surface area contributed by atoms with Crippen molar-refractivity contribution in [3.05, 3.63) is 0 Å². The minimum absolute atomic E-state index is 0.527. The number of hydrogen-bond acceptors (Lipinski definition) is 5. The highest BCUT2D eigenvalue weighted by atomic mass is 32.2. The molecule has 15 heavy (non-hydrogen) atoms. The third-order valence-corrected chi connectivity index (χ3v) is 2.42. The maximum absolute atomic E-state index is 11.8. The molecule has 1 unspecified atom stereocenters. The summed E-state index contributed by atoms with van der Waals surface area (Å²) >= 11 is 0. The van der Waals surface area contributed by atoms with Crippen LogP contribution in [0.1, 0.15) is 13.8 Å². The van der Waals surface area contributed by atoms with Crippen molar-refractivity contribution in [3.63, 3.8) is 0 Å². The smallest absolute Gasteiger partial charge is 0.338 e. The molecule has 0 aliphatic heterocycles. The van der Waals surface area contributed by atoms with Crippen molar-refractivity contribution in [2.24, 2.45) is 11.7 Å². The van der Waals surface area contributed by atoms with Gasteiger partial charge in [-0.3, -0.25) is 0 Å². The summed E-state index contributed by atoms with van der Waals surface area (Å²) in [6.07, 6.45) is 0. The summed E-state index contributed by atoms with van der Waals surface area (Å²) in [4.78, 5) is 10.8. The molecule has 0 aromatic rings. The van der Waals surface area contributed by atoms with Crippen LogP contribution in [0.15, 0.2) is 0 Å². The fourth-order valence-electron chi connectivity index (χ4n) is 0.483. The first-order valence-corrected chi connectivity index (χ1v) is 5.20. The molecule has 0 fully saturated rings. The molecule has 0 saturated carbocycles. The molecule has 1 atom stereocenters. The molecule has 5 nitrogen and oxygen atoms in total. The molecule has 0 radical (unpaired) electrons. The van der Waals surface area contributed by atoms with Gasteiger partial charge in [0.1, 0.15) is 6.04 Å². The molecule has 0 spiro atoms. The van der Waals surface area contributed by atoms with Crippen molar-refractivity contribution in [2.45, 2.75) is 25.4 Å². The van der Waals surface area contributed by atoms with Crippen LogP contribution in [0.5, 0.6) is 0 Å². The highest BCUT2D eigenvalue weighted by molar-refractivity contribution is 7.88. The molecule has 9 heteroatoms. The van der Waals surface area contributed by atoms with E-state index in [1.165, 1.54) is 13.8 Å². The maximum atomic E-state index is 11.8. The van der Waals surface area contributed by atoms with Gasteiger partial charge in [0, 0.05) is 0 Å². The van der Waals surface area contributed by atoms with Crippen LogP contribution in [-0.2, 0) is 19.1 Å². The summed E-state index contributed by atoms with van der Waals surface area (Å²) in [5.74, 6) is -2.15. The van der Waals surface area contributed by atoms with Gasteiger partial charge in [0.25, 0.3) is 0 Å². The zero-order valence-electron chi connectivity index (χ0n) is 7.91. The lowest BCUT2D eigenvalue weighted by Crippen LogP contribution is -2.40. The lowest BCUT2D eigenvalue weighted by molar-refractivity contribution is -0.138. The highest BCUT2D eigenvalue weighted by Gasteiger charge is 2.50. The number of alkyl halides is 3. The van der Waals surface area contributed by atoms with E-state index in [4.69, 9.17) is 5.73 Å². The molecule has 0 aromatic carbocycles. The Bertz CT molecular complexity index is 335. The molecule has 0 bridgehead atoms. The van der Waals surface area contributed by atoms with Crippen LogP contribution >= 0.6 is 0 Å². The Balaban J connectivity index is 4.71. The number of carbonyl (C=O) groups excluding carboxylic acids is 1. The average molecular weight is 249 g/mol. The van der Waals surface area contributed by atoms with Gasteiger partial charge < -0.3 is 9.92 Å². The first-order valence-electron chi connectivity index (χ1n) is 3.79. The molecule has 90 valence electrons. The van der Waals surface area contributed by atoms with Gasteiger partial charge >= 0.3 is 21.6 Å². The SMILES string of the molecule is CC(C)C(N)C(=O)OS(=O)(=O)C(F)(F)F. The second kappa shape index (κ2) is 4.35. The lowest BCUT2D eigenvalue weighted by Gasteiger charge is -2.14. The van der Waals surface area contributed by atoms with Crippen LogP contribution in [0.2, 0.25) is 0 Å². The summed E-state index contributed by atoms with van der Waals surface area (Å²) in [6.45, 7) is 2.87. The zero-order chi connectivity index (χ0) is 12.4. The summed E-state index contributed by atoms with van der Waals surface area (Å²) in [7, 11) is -5.91. The first-order chi connectivity index (χ1) is 6.49. The van der Waals surface area contributed by atoms with Gasteiger partial charge in [-0.1, -0.05) is 13.8 Å². The number of halogens is 3. The van der Waals surface area contributed by atoms with E-state index >= 15 is 0 Å². The molecular weight excluding hydrogens is 239 g/mol. The normalized spacial score (nSPS) is 15.1. The standard InChI is InChI=1S/C6H10F3NO4S/c1-3(2)4(10)5(11)14-15(12,13)6(7,8)9/h3-4H,10H2,1-2H3. The van der Waals surface area contributed by atoms with E-state index in [9.17, 15) is 26.4 Å². The number of rotatable bonds is 3. The van der Waals surface area contributed by atoms with Crippen molar-refractivity contribution in [1.29, 1.82) is 0 Å². The van der Waals surface area contributed by atoms with Crippen molar-refractivity contribution in [1.82, 2.24) is 0 Å². The predicted octanol–water partition coefficient (Wildman–Crippen LogP) is 0.362. The Morgan fingerprint density at radius 3 is 2.00 bits per heavy atom. The largest absolute Gasteiger partial charge is 0.534 e. The Labute approximate surface area is 84.5 Å². The Kier molecular flexibility index (Phi) is 4.11. The summed E-state index contributed by atoms with van der Waals surface area (Å²) in [5, 5.41) is 0. The fraction of sp³-hybridized carbons (Fsp3) is 0.833. The number of nitrogens with two attached hydrogens (primary N) is 1. The predicted molar refractivity (Wildman–Crippen MR) is 43.9 cm³/mol. The van der Waals surface area contributed by atoms with Gasteiger partial charge in [0.15, 0.2) is 0 Å². The lowest BCUT2D eigenvalue weighted by atomic mass is 10.1. The van der Waals surface area contributed by atoms with E-state index in [2.05, 4.69) is 4.18 Å². The fourth-order valence-corrected chi connectivity index (χ4v) is 0.905. The molecule has 0 aromatic heterocycles. The second-order valence-electron chi connectivity index (χ2n) is 3.07. The van der Waals surface area contributed by atoms with Gasteiger partial charge in [-0.2, -0.15) is 21.6 Å². The molecule has 2 N–H and O–H groups in total. The first kappa shape index (κ1) is 14.2. The molecular formula is C6H10F3NO4S. The van der Waals surface area contributed by atoms with Crippen LogP contribution in [0.3, 0.4) is 0 Å². The van der Waals surface area contributed by atoms with Crippen LogP contribution in [0.4, 0.5) is 13.2 Å². The average Bonchev–Trinajstić information content (AvgIpc) is 1.99. The minimum atomic E-state index is -5.91. The highest BCUT2D eigenvalue weighted by Crippen LogP contribution is 2.25. The Hall–Kier alpha value is -0.830. The minimum Gasteiger partial charge on any atom is -0.338 e. The summed E-state index contributed by atoms with van der Waals surface area (Å²) in [5.41, 5.74) is -0.522. The second-order valence-corrected chi connectivity index (χ2v) is 4.61. The topological polar surface area (TPSA) is 86.5 Å². The summed E-state index contributed by atoms with van der Waals surface area (Å²) in [6, 6.07) is -1.41. The van der Waals surface area contributed by atoms with E-state index in [0.29, 0.717) is 0 Å². The molecule has 0 heterocycles. The van der Waals surface area contributed by atoms with E-state index in [1.807, 2.05) is 0 Å². The van der Waals surface area contributed by atoms with Gasteiger partial charge in [-0.05, 0) is 5.92 Å². The van der Waals surface area contributed by atoms with E-state index in [0.717, 1.165) is 0 Å². The van der Waals surface area contributed by atoms with Crippen molar-refractivity contribution in [3.8, 4) is 0 Å². The van der Waals surface area contributed by atoms with E-state index in [1.54, 1.807) is 0 Å². The molecule has 0 rings (SSSR count).